The number of benzene rings is 1. The van der Waals surface area contributed by atoms with Gasteiger partial charge in [-0.3, -0.25) is 19.7 Å². The molecule has 5 heteroatoms. The minimum atomic E-state index is -0.591. The Kier molecular flexibility index (Phi) is 4.19. The van der Waals surface area contributed by atoms with Gasteiger partial charge in [-0.1, -0.05) is 32.9 Å². The van der Waals surface area contributed by atoms with Crippen molar-refractivity contribution in [2.24, 2.45) is 5.41 Å². The molecule has 0 heterocycles. The van der Waals surface area contributed by atoms with Gasteiger partial charge < -0.3 is 0 Å². The molecule has 0 saturated heterocycles. The van der Waals surface area contributed by atoms with Gasteiger partial charge in [-0.2, -0.15) is 0 Å². The first-order valence-corrected chi connectivity index (χ1v) is 5.94. The van der Waals surface area contributed by atoms with E-state index in [0.717, 1.165) is 0 Å². The Bertz CT molecular complexity index is 541. The molecule has 0 fully saturated rings. The normalized spacial score (nSPS) is 11.2. The van der Waals surface area contributed by atoms with E-state index in [0.29, 0.717) is 5.56 Å². The molecule has 0 amide bonds. The summed E-state index contributed by atoms with van der Waals surface area (Å²) >= 11 is 0. The van der Waals surface area contributed by atoms with Crippen LogP contribution in [0.3, 0.4) is 0 Å². The molecule has 0 spiro atoms. The maximum absolute atomic E-state index is 11.9. The maximum Gasteiger partial charge on any atom is 0.273 e. The van der Waals surface area contributed by atoms with Crippen LogP contribution in [0.15, 0.2) is 18.2 Å². The third kappa shape index (κ3) is 3.71. The van der Waals surface area contributed by atoms with Crippen molar-refractivity contribution in [3.63, 3.8) is 0 Å². The Labute approximate surface area is 111 Å². The minimum absolute atomic E-state index is 0.103. The van der Waals surface area contributed by atoms with Crippen LogP contribution in [0.2, 0.25) is 0 Å². The van der Waals surface area contributed by atoms with Gasteiger partial charge in [0.05, 0.1) is 11.3 Å². The van der Waals surface area contributed by atoms with Gasteiger partial charge in [-0.05, 0) is 6.92 Å². The molecule has 1 aromatic rings. The topological polar surface area (TPSA) is 77.3 Å². The molecule has 5 nitrogen and oxygen atoms in total. The molecule has 0 aliphatic heterocycles. The largest absolute Gasteiger partial charge is 0.299 e. The molecular formula is C14H17NO4. The first-order chi connectivity index (χ1) is 8.62. The number of hydrogen-bond acceptors (Lipinski definition) is 4. The van der Waals surface area contributed by atoms with E-state index >= 15 is 0 Å². The highest BCUT2D eigenvalue weighted by Crippen LogP contribution is 2.22. The number of nitro benzene ring substituents is 1. The second kappa shape index (κ2) is 5.30. The van der Waals surface area contributed by atoms with Crippen LogP contribution in [-0.2, 0) is 4.79 Å². The highest BCUT2D eigenvalue weighted by Gasteiger charge is 2.25. The van der Waals surface area contributed by atoms with Crippen molar-refractivity contribution in [3.8, 4) is 0 Å². The monoisotopic (exact) mass is 263 g/mol. The van der Waals surface area contributed by atoms with E-state index in [1.165, 1.54) is 18.2 Å². The number of aryl methyl sites for hydroxylation is 1. The zero-order valence-electron chi connectivity index (χ0n) is 11.5. The fourth-order valence-corrected chi connectivity index (χ4v) is 1.49. The Balaban J connectivity index is 2.99. The maximum atomic E-state index is 11.9. The van der Waals surface area contributed by atoms with Crippen LogP contribution < -0.4 is 0 Å². The minimum Gasteiger partial charge on any atom is -0.299 e. The van der Waals surface area contributed by atoms with E-state index in [1.54, 1.807) is 27.7 Å². The summed E-state index contributed by atoms with van der Waals surface area (Å²) in [6, 6.07) is 4.27. The molecule has 0 saturated carbocycles. The molecular weight excluding hydrogens is 246 g/mol. The van der Waals surface area contributed by atoms with Crippen LogP contribution in [0.1, 0.15) is 43.1 Å². The lowest BCUT2D eigenvalue weighted by molar-refractivity contribution is -0.385. The first-order valence-electron chi connectivity index (χ1n) is 5.94. The molecule has 0 unspecified atom stereocenters. The quantitative estimate of drug-likeness (QED) is 0.362. The number of hydrogen-bond donors (Lipinski definition) is 0. The molecule has 0 aliphatic carbocycles. The van der Waals surface area contributed by atoms with Crippen LogP contribution >= 0.6 is 0 Å². The second-order valence-electron chi connectivity index (χ2n) is 5.53. The zero-order chi connectivity index (χ0) is 14.8. The lowest BCUT2D eigenvalue weighted by atomic mass is 9.87. The van der Waals surface area contributed by atoms with Gasteiger partial charge in [0.2, 0.25) is 0 Å². The van der Waals surface area contributed by atoms with Gasteiger partial charge in [0.25, 0.3) is 5.69 Å². The predicted molar refractivity (Wildman–Crippen MR) is 71.2 cm³/mol. The smallest absolute Gasteiger partial charge is 0.273 e. The van der Waals surface area contributed by atoms with Crippen LogP contribution in [0.4, 0.5) is 5.69 Å². The van der Waals surface area contributed by atoms with Gasteiger partial charge in [-0.15, -0.1) is 0 Å². The van der Waals surface area contributed by atoms with E-state index in [4.69, 9.17) is 0 Å². The average molecular weight is 263 g/mol. The molecule has 19 heavy (non-hydrogen) atoms. The molecule has 0 aromatic heterocycles. The molecule has 0 aliphatic rings. The summed E-state index contributed by atoms with van der Waals surface area (Å²) in [4.78, 5) is 34.0. The van der Waals surface area contributed by atoms with E-state index in [2.05, 4.69) is 0 Å². The standard InChI is InChI=1S/C14H17NO4/c1-9-5-6-10(7-11(9)15(18)19)12(16)8-13(17)14(2,3)4/h5-7H,8H2,1-4H3. The number of carbonyl (C=O) groups excluding carboxylic acids is 2. The SMILES string of the molecule is Cc1ccc(C(=O)CC(=O)C(C)(C)C)cc1[N+](=O)[O-]. The zero-order valence-corrected chi connectivity index (χ0v) is 11.5. The Morgan fingerprint density at radius 2 is 1.84 bits per heavy atom. The van der Waals surface area contributed by atoms with Crippen molar-refractivity contribution < 1.29 is 14.5 Å². The third-order valence-electron chi connectivity index (χ3n) is 2.89. The summed E-state index contributed by atoms with van der Waals surface area (Å²) in [5, 5.41) is 10.8. The van der Waals surface area contributed by atoms with E-state index in [-0.39, 0.29) is 29.2 Å². The summed E-state index contributed by atoms with van der Waals surface area (Å²) in [6.07, 6.45) is -0.232. The van der Waals surface area contributed by atoms with Crippen LogP contribution in [0.5, 0.6) is 0 Å². The second-order valence-corrected chi connectivity index (χ2v) is 5.53. The number of Topliss-reactive ketones (excluding diaryl/α,β-unsaturated/α-hetero) is 2. The lowest BCUT2D eigenvalue weighted by Gasteiger charge is -2.15. The molecule has 1 rings (SSSR count). The molecule has 102 valence electrons. The van der Waals surface area contributed by atoms with Crippen molar-refractivity contribution in [1.82, 2.24) is 0 Å². The van der Waals surface area contributed by atoms with Crippen LogP contribution in [0.25, 0.3) is 0 Å². The van der Waals surface area contributed by atoms with Crippen molar-refractivity contribution in [2.45, 2.75) is 34.1 Å². The fourth-order valence-electron chi connectivity index (χ4n) is 1.49. The van der Waals surface area contributed by atoms with Gasteiger partial charge in [0.15, 0.2) is 5.78 Å². The van der Waals surface area contributed by atoms with Gasteiger partial charge in [-0.25, -0.2) is 0 Å². The lowest BCUT2D eigenvalue weighted by Crippen LogP contribution is -2.23. The molecule has 0 bridgehead atoms. The van der Waals surface area contributed by atoms with Crippen molar-refractivity contribution >= 4 is 17.3 Å². The summed E-state index contributed by atoms with van der Waals surface area (Å²) in [6.45, 7) is 6.81. The highest BCUT2D eigenvalue weighted by atomic mass is 16.6. The summed E-state index contributed by atoms with van der Waals surface area (Å²) in [5.41, 5.74) is -0.000560. The van der Waals surface area contributed by atoms with Crippen LogP contribution in [0, 0.1) is 22.5 Å². The molecule has 0 N–H and O–H groups in total. The molecule has 0 atom stereocenters. The summed E-state index contributed by atoms with van der Waals surface area (Å²) in [7, 11) is 0. The molecule has 1 aromatic carbocycles. The predicted octanol–water partition coefficient (Wildman–Crippen LogP) is 3.09. The number of nitro groups is 1. The van der Waals surface area contributed by atoms with Gasteiger partial charge in [0, 0.05) is 22.6 Å². The van der Waals surface area contributed by atoms with E-state index in [1.807, 2.05) is 0 Å². The van der Waals surface area contributed by atoms with E-state index < -0.39 is 10.3 Å². The van der Waals surface area contributed by atoms with Gasteiger partial charge in [0.1, 0.15) is 5.78 Å². The van der Waals surface area contributed by atoms with Crippen LogP contribution in [-0.4, -0.2) is 16.5 Å². The summed E-state index contributed by atoms with van der Waals surface area (Å²) in [5.74, 6) is -0.566. The number of rotatable bonds is 4. The first kappa shape index (κ1) is 15.0. The third-order valence-corrected chi connectivity index (χ3v) is 2.89. The Morgan fingerprint density at radius 1 is 1.26 bits per heavy atom. The number of ketones is 2. The van der Waals surface area contributed by atoms with E-state index in [9.17, 15) is 19.7 Å². The summed E-state index contributed by atoms with van der Waals surface area (Å²) < 4.78 is 0. The Hall–Kier alpha value is -2.04. The fraction of sp³-hybridized carbons (Fsp3) is 0.429. The van der Waals surface area contributed by atoms with Crippen molar-refractivity contribution in [1.29, 1.82) is 0 Å². The average Bonchev–Trinajstić information content (AvgIpc) is 2.27. The number of carbonyl (C=O) groups is 2. The van der Waals surface area contributed by atoms with Gasteiger partial charge >= 0.3 is 0 Å². The molecule has 0 radical (unpaired) electrons. The van der Waals surface area contributed by atoms with Crippen molar-refractivity contribution in [3.05, 3.63) is 39.4 Å². The van der Waals surface area contributed by atoms with Crippen molar-refractivity contribution in [2.75, 3.05) is 0 Å². The Morgan fingerprint density at radius 3 is 2.32 bits per heavy atom. The highest BCUT2D eigenvalue weighted by molar-refractivity contribution is 6.09. The number of nitrogens with zero attached hydrogens (tertiary/aromatic N) is 1.